The van der Waals surface area contributed by atoms with E-state index in [1.165, 1.54) is 4.90 Å². The van der Waals surface area contributed by atoms with Gasteiger partial charge in [-0.25, -0.2) is 16.8 Å². The highest BCUT2D eigenvalue weighted by Crippen LogP contribution is 1.95. The topological polar surface area (TPSA) is 119 Å². The number of nitrogens with one attached hydrogen (secondary N) is 1. The van der Waals surface area contributed by atoms with Crippen LogP contribution >= 0.6 is 0 Å². The average Bonchev–Trinajstić information content (AvgIpc) is 2.24. The Balaban J connectivity index is 0. The lowest BCUT2D eigenvalue weighted by atomic mass is 10.4. The first kappa shape index (κ1) is 24.0. The van der Waals surface area contributed by atoms with Gasteiger partial charge in [0.25, 0.3) is 0 Å². The summed E-state index contributed by atoms with van der Waals surface area (Å²) in [5.74, 6) is -0.479. The van der Waals surface area contributed by atoms with Crippen molar-refractivity contribution >= 4 is 20.2 Å². The SMILES string of the molecule is CC[NH+](C)CCCS(=O)(=O)[O-].C[N+](C)(C)CCCS(=O)(=O)[O-]. The second-order valence-electron chi connectivity index (χ2n) is 6.31. The van der Waals surface area contributed by atoms with Crippen molar-refractivity contribution < 1.29 is 35.3 Å². The van der Waals surface area contributed by atoms with Gasteiger partial charge in [-0.05, 0) is 6.92 Å². The van der Waals surface area contributed by atoms with Crippen LogP contribution in [0.5, 0.6) is 0 Å². The van der Waals surface area contributed by atoms with Crippen LogP contribution in [0.25, 0.3) is 0 Å². The molecule has 1 atom stereocenters. The van der Waals surface area contributed by atoms with Gasteiger partial charge in [-0.3, -0.25) is 0 Å². The van der Waals surface area contributed by atoms with Crippen LogP contribution in [0.3, 0.4) is 0 Å². The predicted molar refractivity (Wildman–Crippen MR) is 83.6 cm³/mol. The lowest BCUT2D eigenvalue weighted by molar-refractivity contribution is -0.877. The van der Waals surface area contributed by atoms with Crippen molar-refractivity contribution in [3.05, 3.63) is 0 Å². The summed E-state index contributed by atoms with van der Waals surface area (Å²) >= 11 is 0. The molecule has 0 aliphatic heterocycles. The molecule has 0 heterocycles. The minimum atomic E-state index is -4.01. The Labute approximate surface area is 135 Å². The third-order valence-corrected chi connectivity index (χ3v) is 4.40. The maximum atomic E-state index is 10.2. The molecule has 22 heavy (non-hydrogen) atoms. The Hall–Kier alpha value is -0.260. The average molecular weight is 363 g/mol. The van der Waals surface area contributed by atoms with E-state index < -0.39 is 20.2 Å². The van der Waals surface area contributed by atoms with Crippen LogP contribution in [0.2, 0.25) is 0 Å². The first-order valence-electron chi connectivity index (χ1n) is 7.15. The summed E-state index contributed by atoms with van der Waals surface area (Å²) in [6.45, 7) is 4.43. The molecular weight excluding hydrogens is 332 g/mol. The van der Waals surface area contributed by atoms with E-state index in [0.29, 0.717) is 23.9 Å². The van der Waals surface area contributed by atoms with Crippen molar-refractivity contribution in [3.8, 4) is 0 Å². The van der Waals surface area contributed by atoms with Gasteiger partial charge in [0.05, 0.1) is 68.1 Å². The monoisotopic (exact) mass is 362 g/mol. The zero-order chi connectivity index (χ0) is 18.0. The third-order valence-electron chi connectivity index (χ3n) is 2.82. The first-order valence-corrected chi connectivity index (χ1v) is 10.3. The molecule has 0 spiro atoms. The van der Waals surface area contributed by atoms with E-state index in [4.69, 9.17) is 0 Å². The summed E-state index contributed by atoms with van der Waals surface area (Å²) in [5, 5.41) is 0. The maximum Gasteiger partial charge on any atom is 0.0948 e. The summed E-state index contributed by atoms with van der Waals surface area (Å²) in [7, 11) is -0.161. The Morgan fingerprint density at radius 3 is 1.64 bits per heavy atom. The largest absolute Gasteiger partial charge is 0.748 e. The van der Waals surface area contributed by atoms with Crippen molar-refractivity contribution in [1.29, 1.82) is 0 Å². The summed E-state index contributed by atoms with van der Waals surface area (Å²) in [4.78, 5) is 1.24. The highest BCUT2D eigenvalue weighted by Gasteiger charge is 2.06. The fourth-order valence-electron chi connectivity index (χ4n) is 1.44. The van der Waals surface area contributed by atoms with E-state index >= 15 is 0 Å². The smallest absolute Gasteiger partial charge is 0.0948 e. The van der Waals surface area contributed by atoms with E-state index in [2.05, 4.69) is 0 Å². The molecular formula is C12H30N2O6S2. The lowest BCUT2D eigenvalue weighted by Gasteiger charge is -2.23. The number of hydrogen-bond donors (Lipinski definition) is 1. The summed E-state index contributed by atoms with van der Waals surface area (Å²) in [6, 6.07) is 0. The van der Waals surface area contributed by atoms with E-state index in [1.54, 1.807) is 0 Å². The van der Waals surface area contributed by atoms with Crippen LogP contribution in [0, 0.1) is 0 Å². The van der Waals surface area contributed by atoms with Gasteiger partial charge in [-0.15, -0.1) is 0 Å². The molecule has 0 radical (unpaired) electrons. The molecule has 1 unspecified atom stereocenters. The van der Waals surface area contributed by atoms with Crippen molar-refractivity contribution in [2.45, 2.75) is 19.8 Å². The normalized spacial score (nSPS) is 14.1. The molecule has 0 fully saturated rings. The minimum Gasteiger partial charge on any atom is -0.748 e. The zero-order valence-corrected chi connectivity index (χ0v) is 15.8. The van der Waals surface area contributed by atoms with Crippen molar-refractivity contribution in [1.82, 2.24) is 0 Å². The minimum absolute atomic E-state index is 0.232. The number of quaternary nitrogens is 2. The molecule has 0 aromatic rings. The second-order valence-corrected chi connectivity index (χ2v) is 9.35. The number of rotatable bonds is 9. The molecule has 0 aromatic carbocycles. The fourth-order valence-corrected chi connectivity index (χ4v) is 2.42. The Bertz CT molecular complexity index is 482. The Kier molecular flexibility index (Phi) is 11.5. The van der Waals surface area contributed by atoms with Gasteiger partial charge in [0.15, 0.2) is 0 Å². The van der Waals surface area contributed by atoms with Gasteiger partial charge < -0.3 is 18.5 Å². The van der Waals surface area contributed by atoms with Crippen molar-refractivity contribution in [3.63, 3.8) is 0 Å². The van der Waals surface area contributed by atoms with Gasteiger partial charge in [0.2, 0.25) is 0 Å². The van der Waals surface area contributed by atoms with Gasteiger partial charge in [-0.1, -0.05) is 0 Å². The van der Waals surface area contributed by atoms with Gasteiger partial charge in [-0.2, -0.15) is 0 Å². The number of hydrogen-bond acceptors (Lipinski definition) is 6. The lowest BCUT2D eigenvalue weighted by Crippen LogP contribution is -3.08. The molecule has 0 saturated carbocycles. The molecule has 8 nitrogen and oxygen atoms in total. The standard InChI is InChI=1S/2C6H15NO3S/c1-7(2,3)5-4-6-11(8,9)10;1-3-7(2)5-4-6-11(8,9)10/h4-6H2,1-3H3;3-6H2,1-2H3,(H,8,9,10). The van der Waals surface area contributed by atoms with Crippen LogP contribution in [0.1, 0.15) is 19.8 Å². The molecule has 0 aliphatic carbocycles. The van der Waals surface area contributed by atoms with Crippen LogP contribution in [0.4, 0.5) is 0 Å². The fraction of sp³-hybridized carbons (Fsp3) is 1.00. The Morgan fingerprint density at radius 2 is 1.32 bits per heavy atom. The van der Waals surface area contributed by atoms with Crippen LogP contribution < -0.4 is 4.90 Å². The molecule has 0 aromatic heterocycles. The maximum absolute atomic E-state index is 10.2. The van der Waals surface area contributed by atoms with Crippen molar-refractivity contribution in [2.75, 3.05) is 59.3 Å². The van der Waals surface area contributed by atoms with Gasteiger partial charge >= 0.3 is 0 Å². The molecule has 1 N–H and O–H groups in total. The predicted octanol–water partition coefficient (Wildman–Crippen LogP) is -1.92. The molecule has 0 aliphatic rings. The van der Waals surface area contributed by atoms with Gasteiger partial charge in [0, 0.05) is 24.3 Å². The van der Waals surface area contributed by atoms with Crippen LogP contribution in [-0.2, 0) is 20.2 Å². The first-order chi connectivity index (χ1) is 9.66. The van der Waals surface area contributed by atoms with E-state index in [9.17, 15) is 25.9 Å². The molecule has 0 rings (SSSR count). The summed E-state index contributed by atoms with van der Waals surface area (Å²) in [6.07, 6.45) is 0.904. The van der Waals surface area contributed by atoms with Gasteiger partial charge in [0.1, 0.15) is 0 Å². The molecule has 0 bridgehead atoms. The van der Waals surface area contributed by atoms with E-state index in [0.717, 1.165) is 13.1 Å². The highest BCUT2D eigenvalue weighted by atomic mass is 32.2. The molecule has 0 amide bonds. The molecule has 10 heteroatoms. The van der Waals surface area contributed by atoms with Crippen LogP contribution in [-0.4, -0.2) is 89.8 Å². The third kappa shape index (κ3) is 24.7. The summed E-state index contributed by atoms with van der Waals surface area (Å²) < 4.78 is 61.6. The molecule has 136 valence electrons. The van der Waals surface area contributed by atoms with E-state index in [-0.39, 0.29) is 11.5 Å². The molecule has 0 saturated heterocycles. The second kappa shape index (κ2) is 10.5. The van der Waals surface area contributed by atoms with E-state index in [1.807, 2.05) is 35.1 Å². The van der Waals surface area contributed by atoms with Crippen LogP contribution in [0.15, 0.2) is 0 Å². The zero-order valence-electron chi connectivity index (χ0n) is 14.2. The number of nitrogens with zero attached hydrogens (tertiary/aromatic N) is 1. The quantitative estimate of drug-likeness (QED) is 0.377. The highest BCUT2D eigenvalue weighted by molar-refractivity contribution is 7.85. The Morgan fingerprint density at radius 1 is 0.909 bits per heavy atom. The van der Waals surface area contributed by atoms with Crippen molar-refractivity contribution in [2.24, 2.45) is 0 Å². The summed E-state index contributed by atoms with van der Waals surface area (Å²) in [5.41, 5.74) is 0.